The minimum Gasteiger partial charge on any atom is -0.456 e. The van der Waals surface area contributed by atoms with E-state index in [2.05, 4.69) is 17.0 Å². The summed E-state index contributed by atoms with van der Waals surface area (Å²) in [7, 11) is 0. The molecule has 0 saturated carbocycles. The first-order valence-electron chi connectivity index (χ1n) is 10.3. The molecule has 0 spiro atoms. The summed E-state index contributed by atoms with van der Waals surface area (Å²) in [6.45, 7) is 7.85. The van der Waals surface area contributed by atoms with E-state index in [0.717, 1.165) is 31.7 Å². The van der Waals surface area contributed by atoms with Crippen LogP contribution >= 0.6 is 0 Å². The topological polar surface area (TPSA) is 64.8 Å². The van der Waals surface area contributed by atoms with Crippen molar-refractivity contribution < 1.29 is 14.3 Å². The maximum absolute atomic E-state index is 12.2. The van der Waals surface area contributed by atoms with Crippen LogP contribution < -0.4 is 10.6 Å². The number of esters is 1. The molecule has 1 fully saturated rings. The van der Waals surface area contributed by atoms with Crippen LogP contribution in [0.3, 0.4) is 0 Å². The molecule has 1 heterocycles. The monoisotopic (exact) mass is 396 g/mol. The summed E-state index contributed by atoms with van der Waals surface area (Å²) in [5, 5.41) is 0. The fourth-order valence-corrected chi connectivity index (χ4v) is 3.59. The van der Waals surface area contributed by atoms with Crippen LogP contribution in [-0.2, 0) is 16.1 Å². The van der Waals surface area contributed by atoms with Gasteiger partial charge in [-0.1, -0.05) is 30.3 Å². The smallest absolute Gasteiger partial charge is 0.338 e. The predicted molar refractivity (Wildman–Crippen MR) is 116 cm³/mol. The fourth-order valence-electron chi connectivity index (χ4n) is 3.59. The van der Waals surface area contributed by atoms with Gasteiger partial charge in [-0.05, 0) is 69.4 Å². The van der Waals surface area contributed by atoms with Gasteiger partial charge in [-0.15, -0.1) is 0 Å². The summed E-state index contributed by atoms with van der Waals surface area (Å²) in [5.41, 5.74) is 8.73. The Morgan fingerprint density at radius 1 is 1.10 bits per heavy atom. The second kappa shape index (κ2) is 9.42. The van der Waals surface area contributed by atoms with E-state index in [1.807, 2.05) is 63.2 Å². The third-order valence-electron chi connectivity index (χ3n) is 5.05. The van der Waals surface area contributed by atoms with Crippen LogP contribution in [0, 0.1) is 5.92 Å². The molecule has 3 rings (SSSR count). The van der Waals surface area contributed by atoms with Crippen LogP contribution in [0.1, 0.15) is 49.5 Å². The Balaban J connectivity index is 1.49. The van der Waals surface area contributed by atoms with Gasteiger partial charge in [0.15, 0.2) is 0 Å². The quantitative estimate of drug-likeness (QED) is 0.735. The van der Waals surface area contributed by atoms with E-state index in [0.29, 0.717) is 18.1 Å². The van der Waals surface area contributed by atoms with Gasteiger partial charge in [0, 0.05) is 12.2 Å². The molecule has 0 aliphatic carbocycles. The van der Waals surface area contributed by atoms with E-state index >= 15 is 0 Å². The molecule has 5 heteroatoms. The highest BCUT2D eigenvalue weighted by Gasteiger charge is 2.26. The summed E-state index contributed by atoms with van der Waals surface area (Å²) in [6.07, 6.45) is 1.88. The molecule has 156 valence electrons. The number of rotatable bonds is 6. The van der Waals surface area contributed by atoms with Gasteiger partial charge < -0.3 is 20.1 Å². The molecule has 1 aliphatic rings. The number of ether oxygens (including phenoxy) is 2. The Labute approximate surface area is 173 Å². The molecule has 0 radical (unpaired) electrons. The Kier molecular flexibility index (Phi) is 6.93. The van der Waals surface area contributed by atoms with Crippen molar-refractivity contribution in [2.24, 2.45) is 11.7 Å². The van der Waals surface area contributed by atoms with Crippen molar-refractivity contribution in [3.8, 4) is 0 Å². The van der Waals surface area contributed by atoms with Crippen molar-refractivity contribution in [3.05, 3.63) is 65.7 Å². The number of anilines is 1. The van der Waals surface area contributed by atoms with E-state index in [1.54, 1.807) is 0 Å². The number of carbonyl (C=O) groups excluding carboxylic acids is 1. The number of hydrogen-bond donors (Lipinski definition) is 1. The lowest BCUT2D eigenvalue weighted by atomic mass is 9.95. The number of hydrogen-bond acceptors (Lipinski definition) is 5. The van der Waals surface area contributed by atoms with Crippen LogP contribution in [-0.4, -0.2) is 30.9 Å². The number of nitrogens with zero attached hydrogens (tertiary/aromatic N) is 1. The number of piperidine rings is 1. The molecule has 2 unspecified atom stereocenters. The first kappa shape index (κ1) is 21.3. The van der Waals surface area contributed by atoms with Crippen LogP contribution in [0.4, 0.5) is 5.69 Å². The normalized spacial score (nSPS) is 19.8. The van der Waals surface area contributed by atoms with E-state index in [4.69, 9.17) is 15.2 Å². The largest absolute Gasteiger partial charge is 0.456 e. The zero-order valence-electron chi connectivity index (χ0n) is 17.6. The van der Waals surface area contributed by atoms with Gasteiger partial charge in [-0.3, -0.25) is 0 Å². The van der Waals surface area contributed by atoms with E-state index < -0.39 is 5.60 Å². The molecule has 2 N–H and O–H groups in total. The molecular formula is C24H32N2O3. The van der Waals surface area contributed by atoms with Crippen molar-refractivity contribution in [2.45, 2.75) is 52.0 Å². The van der Waals surface area contributed by atoms with Crippen molar-refractivity contribution in [1.29, 1.82) is 0 Å². The number of benzene rings is 2. The highest BCUT2D eigenvalue weighted by Crippen LogP contribution is 2.27. The third-order valence-corrected chi connectivity index (χ3v) is 5.05. The second-order valence-electron chi connectivity index (χ2n) is 8.70. The Hall–Kier alpha value is -2.37. The first-order valence-corrected chi connectivity index (χ1v) is 10.3. The lowest BCUT2D eigenvalue weighted by molar-refractivity contribution is 0.00695. The average molecular weight is 397 g/mol. The Morgan fingerprint density at radius 2 is 1.79 bits per heavy atom. The van der Waals surface area contributed by atoms with E-state index in [-0.39, 0.29) is 12.1 Å². The molecule has 2 aromatic rings. The molecule has 0 amide bonds. The summed E-state index contributed by atoms with van der Waals surface area (Å²) >= 11 is 0. The first-order chi connectivity index (χ1) is 13.8. The lowest BCUT2D eigenvalue weighted by Crippen LogP contribution is -2.48. The summed E-state index contributed by atoms with van der Waals surface area (Å²) in [6, 6.07) is 17.7. The van der Waals surface area contributed by atoms with Crippen LogP contribution in [0.5, 0.6) is 0 Å². The van der Waals surface area contributed by atoms with Gasteiger partial charge in [0.05, 0.1) is 24.9 Å². The molecule has 1 aliphatic heterocycles. The minimum absolute atomic E-state index is 0.0542. The molecular weight excluding hydrogens is 364 g/mol. The standard InChI is InChI=1S/C24H32N2O3/c1-24(2,3)29-23(27)20-9-11-21(12-10-20)26-14-13-19(15-22(26)25)17-28-16-18-7-5-4-6-8-18/h4-12,19,22H,13-17,25H2,1-3H3. The van der Waals surface area contributed by atoms with E-state index in [9.17, 15) is 4.79 Å². The zero-order chi connectivity index (χ0) is 20.9. The Morgan fingerprint density at radius 3 is 2.41 bits per heavy atom. The molecule has 0 aromatic heterocycles. The zero-order valence-corrected chi connectivity index (χ0v) is 17.6. The molecule has 2 aromatic carbocycles. The third kappa shape index (κ3) is 6.31. The summed E-state index contributed by atoms with van der Waals surface area (Å²) < 4.78 is 11.3. The molecule has 0 bridgehead atoms. The lowest BCUT2D eigenvalue weighted by Gasteiger charge is -2.39. The van der Waals surface area contributed by atoms with Gasteiger partial charge >= 0.3 is 5.97 Å². The van der Waals surface area contributed by atoms with Crippen LogP contribution in [0.2, 0.25) is 0 Å². The number of carbonyl (C=O) groups is 1. The van der Waals surface area contributed by atoms with Crippen molar-refractivity contribution in [1.82, 2.24) is 0 Å². The highest BCUT2D eigenvalue weighted by molar-refractivity contribution is 5.90. The second-order valence-corrected chi connectivity index (χ2v) is 8.70. The minimum atomic E-state index is -0.497. The highest BCUT2D eigenvalue weighted by atomic mass is 16.6. The molecule has 1 saturated heterocycles. The van der Waals surface area contributed by atoms with Gasteiger partial charge in [0.25, 0.3) is 0 Å². The van der Waals surface area contributed by atoms with Crippen molar-refractivity contribution >= 4 is 11.7 Å². The van der Waals surface area contributed by atoms with E-state index in [1.165, 1.54) is 5.56 Å². The van der Waals surface area contributed by atoms with Crippen LogP contribution in [0.25, 0.3) is 0 Å². The molecule has 2 atom stereocenters. The SMILES string of the molecule is CC(C)(C)OC(=O)c1ccc(N2CCC(COCc3ccccc3)CC2N)cc1. The molecule has 29 heavy (non-hydrogen) atoms. The summed E-state index contributed by atoms with van der Waals surface area (Å²) in [4.78, 5) is 14.4. The van der Waals surface area contributed by atoms with Gasteiger partial charge in [0.2, 0.25) is 0 Å². The fraction of sp³-hybridized carbons (Fsp3) is 0.458. The maximum Gasteiger partial charge on any atom is 0.338 e. The summed E-state index contributed by atoms with van der Waals surface area (Å²) in [5.74, 6) is 0.161. The van der Waals surface area contributed by atoms with Gasteiger partial charge in [0.1, 0.15) is 5.60 Å². The maximum atomic E-state index is 12.2. The molecule has 5 nitrogen and oxygen atoms in total. The van der Waals surface area contributed by atoms with Gasteiger partial charge in [-0.2, -0.15) is 0 Å². The van der Waals surface area contributed by atoms with Crippen molar-refractivity contribution in [2.75, 3.05) is 18.1 Å². The number of nitrogens with two attached hydrogens (primary N) is 1. The van der Waals surface area contributed by atoms with Gasteiger partial charge in [-0.25, -0.2) is 4.79 Å². The van der Waals surface area contributed by atoms with Crippen molar-refractivity contribution in [3.63, 3.8) is 0 Å². The predicted octanol–water partition coefficient (Wildman–Crippen LogP) is 4.36. The van der Waals surface area contributed by atoms with Crippen LogP contribution in [0.15, 0.2) is 54.6 Å². The Bertz CT molecular complexity index is 784. The average Bonchev–Trinajstić information content (AvgIpc) is 2.68.